The number of nitrogens with zero attached hydrogens (tertiary/aromatic N) is 3. The average molecular weight is 377 g/mol. The highest BCUT2D eigenvalue weighted by molar-refractivity contribution is 5.90. The lowest BCUT2D eigenvalue weighted by Crippen LogP contribution is -2.24. The Labute approximate surface area is 164 Å². The maximum atomic E-state index is 5.92. The van der Waals surface area contributed by atoms with Crippen LogP contribution in [0.5, 0.6) is 17.4 Å². The van der Waals surface area contributed by atoms with E-state index in [1.807, 2.05) is 61.5 Å². The highest BCUT2D eigenvalue weighted by Gasteiger charge is 2.03. The predicted molar refractivity (Wildman–Crippen MR) is 110 cm³/mol. The molecule has 1 heterocycles. The number of nitrogens with one attached hydrogen (secondary N) is 1. The van der Waals surface area contributed by atoms with Crippen molar-refractivity contribution in [3.8, 4) is 17.4 Å². The predicted octanol–water partition coefficient (Wildman–Crippen LogP) is 3.56. The second-order valence-corrected chi connectivity index (χ2v) is 6.08. The number of guanidine groups is 1. The number of anilines is 1. The van der Waals surface area contributed by atoms with Gasteiger partial charge in [0.25, 0.3) is 0 Å². The van der Waals surface area contributed by atoms with Crippen LogP contribution < -0.4 is 20.5 Å². The van der Waals surface area contributed by atoms with Gasteiger partial charge in [-0.05, 0) is 43.2 Å². The van der Waals surface area contributed by atoms with Gasteiger partial charge in [-0.25, -0.2) is 4.98 Å². The Kier molecular flexibility index (Phi) is 6.41. The maximum absolute atomic E-state index is 5.92. The van der Waals surface area contributed by atoms with E-state index in [0.29, 0.717) is 18.4 Å². The molecular weight excluding hydrogens is 354 g/mol. The largest absolute Gasteiger partial charge is 0.481 e. The van der Waals surface area contributed by atoms with Gasteiger partial charge in [-0.1, -0.05) is 30.3 Å². The number of aliphatic imine (C=N–C) groups is 1. The number of benzene rings is 2. The van der Waals surface area contributed by atoms with Crippen molar-refractivity contribution in [2.45, 2.75) is 13.3 Å². The number of nitrogens with two attached hydrogens (primary N) is 1. The zero-order valence-corrected chi connectivity index (χ0v) is 15.9. The van der Waals surface area contributed by atoms with Crippen LogP contribution >= 0.6 is 0 Å². The molecule has 1 aromatic heterocycles. The molecule has 7 heteroatoms. The number of aryl methyl sites for hydroxylation is 1. The van der Waals surface area contributed by atoms with Crippen molar-refractivity contribution in [3.05, 3.63) is 71.9 Å². The molecule has 0 saturated carbocycles. The van der Waals surface area contributed by atoms with E-state index in [2.05, 4.69) is 20.3 Å². The smallest absolute Gasteiger partial charge is 0.233 e. The molecule has 28 heavy (non-hydrogen) atoms. The molecule has 0 saturated heterocycles. The molecule has 0 radical (unpaired) electrons. The third-order valence-electron chi connectivity index (χ3n) is 3.86. The molecule has 0 spiro atoms. The quantitative estimate of drug-likeness (QED) is 0.483. The van der Waals surface area contributed by atoms with Gasteiger partial charge in [0.15, 0.2) is 5.96 Å². The lowest BCUT2D eigenvalue weighted by atomic mass is 10.1. The maximum Gasteiger partial charge on any atom is 0.233 e. The molecular formula is C21H23N5O2. The van der Waals surface area contributed by atoms with Gasteiger partial charge in [-0.2, -0.15) is 4.98 Å². The lowest BCUT2D eigenvalue weighted by Gasteiger charge is -2.07. The minimum atomic E-state index is 0.261. The van der Waals surface area contributed by atoms with Crippen LogP contribution in [0.2, 0.25) is 0 Å². The van der Waals surface area contributed by atoms with E-state index in [-0.39, 0.29) is 5.96 Å². The summed E-state index contributed by atoms with van der Waals surface area (Å²) >= 11 is 0. The minimum absolute atomic E-state index is 0.261. The number of rotatable bonds is 7. The third-order valence-corrected chi connectivity index (χ3v) is 3.86. The molecule has 3 aromatic rings. The monoisotopic (exact) mass is 377 g/mol. The molecule has 144 valence electrons. The summed E-state index contributed by atoms with van der Waals surface area (Å²) in [5.41, 5.74) is 7.84. The van der Waals surface area contributed by atoms with Crippen molar-refractivity contribution in [1.82, 2.24) is 9.97 Å². The Morgan fingerprint density at radius 2 is 1.75 bits per heavy atom. The van der Waals surface area contributed by atoms with Crippen molar-refractivity contribution in [3.63, 3.8) is 0 Å². The summed E-state index contributed by atoms with van der Waals surface area (Å²) in [6.07, 6.45) is 0.756. The van der Waals surface area contributed by atoms with Crippen molar-refractivity contribution < 1.29 is 9.47 Å². The van der Waals surface area contributed by atoms with E-state index in [0.717, 1.165) is 29.2 Å². The van der Waals surface area contributed by atoms with Crippen molar-refractivity contribution >= 4 is 11.9 Å². The van der Waals surface area contributed by atoms with Crippen LogP contribution in [0.3, 0.4) is 0 Å². The Bertz CT molecular complexity index is 927. The Hall–Kier alpha value is -3.61. The topological polar surface area (TPSA) is 94.7 Å². The molecule has 0 aliphatic heterocycles. The number of hydrogen-bond donors (Lipinski definition) is 2. The minimum Gasteiger partial charge on any atom is -0.481 e. The van der Waals surface area contributed by atoms with Gasteiger partial charge in [-0.15, -0.1) is 0 Å². The van der Waals surface area contributed by atoms with Gasteiger partial charge >= 0.3 is 0 Å². The summed E-state index contributed by atoms with van der Waals surface area (Å²) in [5, 5.41) is 2.89. The fourth-order valence-corrected chi connectivity index (χ4v) is 2.51. The number of para-hydroxylation sites is 1. The molecule has 7 nitrogen and oxygen atoms in total. The molecule has 3 N–H and O–H groups in total. The first-order valence-electron chi connectivity index (χ1n) is 8.91. The van der Waals surface area contributed by atoms with Gasteiger partial charge in [0.05, 0.1) is 7.11 Å². The van der Waals surface area contributed by atoms with Crippen LogP contribution in [0.4, 0.5) is 5.95 Å². The average Bonchev–Trinajstić information content (AvgIpc) is 2.69. The summed E-state index contributed by atoms with van der Waals surface area (Å²) in [4.78, 5) is 12.8. The summed E-state index contributed by atoms with van der Waals surface area (Å²) in [6.45, 7) is 2.40. The number of methoxy groups -OCH3 is 1. The summed E-state index contributed by atoms with van der Waals surface area (Å²) in [6, 6.07) is 19.4. The lowest BCUT2D eigenvalue weighted by molar-refractivity contribution is 0.397. The van der Waals surface area contributed by atoms with E-state index in [1.54, 1.807) is 13.2 Å². The highest BCUT2D eigenvalue weighted by atomic mass is 16.5. The third kappa shape index (κ3) is 5.70. The normalized spacial score (nSPS) is 11.1. The second kappa shape index (κ2) is 9.36. The Morgan fingerprint density at radius 3 is 2.46 bits per heavy atom. The molecule has 0 fully saturated rings. The number of aromatic nitrogens is 2. The number of ether oxygens (including phenoxy) is 2. The van der Waals surface area contributed by atoms with Gasteiger partial charge in [0.1, 0.15) is 11.5 Å². The fraction of sp³-hybridized carbons (Fsp3) is 0.190. The van der Waals surface area contributed by atoms with Gasteiger partial charge in [-0.3, -0.25) is 10.3 Å². The first-order chi connectivity index (χ1) is 13.6. The molecule has 3 rings (SSSR count). The molecule has 0 aliphatic rings. The molecule has 2 aromatic carbocycles. The van der Waals surface area contributed by atoms with Crippen LogP contribution in [-0.2, 0) is 6.42 Å². The van der Waals surface area contributed by atoms with Crippen molar-refractivity contribution in [1.29, 1.82) is 0 Å². The zero-order valence-electron chi connectivity index (χ0n) is 15.9. The SMILES string of the molecule is COc1cc(C)nc(NC(N)=NCCc2ccc(Oc3ccccc3)cc2)n1. The van der Waals surface area contributed by atoms with Crippen LogP contribution in [0, 0.1) is 6.92 Å². The van der Waals surface area contributed by atoms with Crippen LogP contribution in [0.1, 0.15) is 11.3 Å². The first kappa shape index (κ1) is 19.2. The number of hydrogen-bond acceptors (Lipinski definition) is 5. The van der Waals surface area contributed by atoms with E-state index in [1.165, 1.54) is 0 Å². The highest BCUT2D eigenvalue weighted by Crippen LogP contribution is 2.21. The van der Waals surface area contributed by atoms with Gasteiger partial charge in [0.2, 0.25) is 11.8 Å². The van der Waals surface area contributed by atoms with E-state index < -0.39 is 0 Å². The van der Waals surface area contributed by atoms with Gasteiger partial charge in [0, 0.05) is 18.3 Å². The summed E-state index contributed by atoms with van der Waals surface area (Å²) < 4.78 is 10.9. The summed E-state index contributed by atoms with van der Waals surface area (Å²) in [7, 11) is 1.55. The first-order valence-corrected chi connectivity index (χ1v) is 8.91. The van der Waals surface area contributed by atoms with Crippen molar-refractivity contribution in [2.75, 3.05) is 19.0 Å². The Morgan fingerprint density at radius 1 is 1.04 bits per heavy atom. The molecule has 0 amide bonds. The molecule has 0 aliphatic carbocycles. The molecule has 0 atom stereocenters. The van der Waals surface area contributed by atoms with E-state index in [4.69, 9.17) is 15.2 Å². The second-order valence-electron chi connectivity index (χ2n) is 6.08. The summed E-state index contributed by atoms with van der Waals surface area (Å²) in [5.74, 6) is 2.71. The fourth-order valence-electron chi connectivity index (χ4n) is 2.51. The zero-order chi connectivity index (χ0) is 19.8. The van der Waals surface area contributed by atoms with Crippen LogP contribution in [0.25, 0.3) is 0 Å². The van der Waals surface area contributed by atoms with E-state index in [9.17, 15) is 0 Å². The van der Waals surface area contributed by atoms with Gasteiger partial charge < -0.3 is 15.2 Å². The standard InChI is InChI=1S/C21H23N5O2/c1-15-14-19(27-2)25-21(24-15)26-20(22)23-13-12-16-8-10-18(11-9-16)28-17-6-4-3-5-7-17/h3-11,14H,12-13H2,1-2H3,(H3,22,23,24,25,26). The van der Waals surface area contributed by atoms with Crippen molar-refractivity contribution in [2.24, 2.45) is 10.7 Å². The van der Waals surface area contributed by atoms with Crippen LogP contribution in [0.15, 0.2) is 65.7 Å². The molecule has 0 bridgehead atoms. The van der Waals surface area contributed by atoms with Crippen LogP contribution in [-0.4, -0.2) is 29.6 Å². The Balaban J connectivity index is 1.51. The molecule has 0 unspecified atom stereocenters. The van der Waals surface area contributed by atoms with E-state index >= 15 is 0 Å².